The first-order chi connectivity index (χ1) is 7.70. The lowest BCUT2D eigenvalue weighted by molar-refractivity contribution is -0.488. The van der Waals surface area contributed by atoms with Crippen LogP contribution in [0.4, 0.5) is 0 Å². The van der Waals surface area contributed by atoms with Gasteiger partial charge in [0.05, 0.1) is 18.0 Å². The molecule has 0 aromatic heterocycles. The third kappa shape index (κ3) is 2.15. The van der Waals surface area contributed by atoms with Gasteiger partial charge < -0.3 is 9.64 Å². The number of morpholine rings is 1. The van der Waals surface area contributed by atoms with Crippen LogP contribution in [0.25, 0.3) is 0 Å². The number of ether oxygens (including phenoxy) is 1. The molecule has 1 unspecified atom stereocenters. The molecule has 0 N–H and O–H groups in total. The summed E-state index contributed by atoms with van der Waals surface area (Å²) in [6.45, 7) is 2.15. The Morgan fingerprint density at radius 1 is 1.50 bits per heavy atom. The number of halogens is 1. The Morgan fingerprint density at radius 2 is 2.19 bits per heavy atom. The predicted molar refractivity (Wildman–Crippen MR) is 57.9 cm³/mol. The highest BCUT2D eigenvalue weighted by Gasteiger charge is 2.35. The highest BCUT2D eigenvalue weighted by atomic mass is 35.5. The first-order valence-corrected chi connectivity index (χ1v) is 5.49. The highest BCUT2D eigenvalue weighted by molar-refractivity contribution is 6.24. The van der Waals surface area contributed by atoms with Crippen molar-refractivity contribution in [3.8, 4) is 0 Å². The number of alkyl halides is 1. The third-order valence-corrected chi connectivity index (χ3v) is 2.96. The van der Waals surface area contributed by atoms with E-state index in [1.54, 1.807) is 11.0 Å². The second-order valence-electron chi connectivity index (χ2n) is 3.56. The van der Waals surface area contributed by atoms with Crippen molar-refractivity contribution in [2.75, 3.05) is 26.3 Å². The SMILES string of the molecule is O=C(C1=CC=C[N+](=O)C1Cl)N1CCOCC1. The number of rotatable bonds is 1. The van der Waals surface area contributed by atoms with Gasteiger partial charge in [0.15, 0.2) is 0 Å². The summed E-state index contributed by atoms with van der Waals surface area (Å²) in [4.78, 5) is 24.9. The summed E-state index contributed by atoms with van der Waals surface area (Å²) in [7, 11) is 0. The molecule has 0 aromatic carbocycles. The molecular weight excluding hydrogens is 232 g/mol. The standard InChI is InChI=1S/C10H12ClN2O3/c11-9-8(2-1-3-13(9)15)10(14)12-4-6-16-7-5-12/h1-3,9H,4-7H2/q+1. The zero-order chi connectivity index (χ0) is 11.5. The molecule has 0 saturated carbocycles. The van der Waals surface area contributed by atoms with Crippen molar-refractivity contribution in [3.63, 3.8) is 0 Å². The van der Waals surface area contributed by atoms with Crippen LogP contribution in [0, 0.1) is 4.91 Å². The Morgan fingerprint density at radius 3 is 2.88 bits per heavy atom. The van der Waals surface area contributed by atoms with Gasteiger partial charge in [0.2, 0.25) is 6.20 Å². The molecule has 2 heterocycles. The molecule has 2 aliphatic rings. The Bertz CT molecular complexity index is 372. The fraction of sp³-hybridized carbons (Fsp3) is 0.500. The number of carbonyl (C=O) groups excluding carboxylic acids is 1. The zero-order valence-corrected chi connectivity index (χ0v) is 9.39. The van der Waals surface area contributed by atoms with Gasteiger partial charge in [0.1, 0.15) is 5.57 Å². The zero-order valence-electron chi connectivity index (χ0n) is 8.63. The topological polar surface area (TPSA) is 49.6 Å². The van der Waals surface area contributed by atoms with Gasteiger partial charge in [0.25, 0.3) is 5.91 Å². The number of amides is 1. The quantitative estimate of drug-likeness (QED) is 0.386. The van der Waals surface area contributed by atoms with E-state index in [1.165, 1.54) is 12.3 Å². The fourth-order valence-corrected chi connectivity index (χ4v) is 1.88. The van der Waals surface area contributed by atoms with Crippen LogP contribution in [0.5, 0.6) is 0 Å². The number of carbonyl (C=O) groups is 1. The molecular formula is C10H12ClN2O3+. The molecule has 1 fully saturated rings. The van der Waals surface area contributed by atoms with E-state index in [-0.39, 0.29) is 5.91 Å². The van der Waals surface area contributed by atoms with E-state index in [0.717, 1.165) is 0 Å². The van der Waals surface area contributed by atoms with Crippen molar-refractivity contribution in [1.82, 2.24) is 4.90 Å². The summed E-state index contributed by atoms with van der Waals surface area (Å²) in [6, 6.07) is 0. The van der Waals surface area contributed by atoms with E-state index >= 15 is 0 Å². The molecule has 2 rings (SSSR count). The van der Waals surface area contributed by atoms with Crippen LogP contribution in [-0.4, -0.2) is 47.4 Å². The molecule has 86 valence electrons. The molecule has 5 nitrogen and oxygen atoms in total. The maximum atomic E-state index is 12.0. The maximum Gasteiger partial charge on any atom is 0.311 e. The molecule has 0 radical (unpaired) electrons. The van der Waals surface area contributed by atoms with Gasteiger partial charge in [-0.2, -0.15) is 0 Å². The molecule has 1 amide bonds. The van der Waals surface area contributed by atoms with Gasteiger partial charge in [-0.05, 0) is 17.7 Å². The summed E-state index contributed by atoms with van der Waals surface area (Å²) in [6.07, 6.45) is 4.41. The number of nitroso groups, excluding NO2 is 1. The van der Waals surface area contributed by atoms with Crippen LogP contribution in [0.2, 0.25) is 0 Å². The van der Waals surface area contributed by atoms with Crippen molar-refractivity contribution in [2.24, 2.45) is 0 Å². The molecule has 0 aromatic rings. The summed E-state index contributed by atoms with van der Waals surface area (Å²) < 4.78 is 5.72. The van der Waals surface area contributed by atoms with Crippen LogP contribution >= 0.6 is 11.6 Å². The van der Waals surface area contributed by atoms with E-state index in [0.29, 0.717) is 36.6 Å². The summed E-state index contributed by atoms with van der Waals surface area (Å²) in [5.41, 5.74) is -0.610. The maximum absolute atomic E-state index is 12.0. The average Bonchev–Trinajstić information content (AvgIpc) is 2.33. The highest BCUT2D eigenvalue weighted by Crippen LogP contribution is 2.19. The number of nitrogens with zero attached hydrogens (tertiary/aromatic N) is 2. The van der Waals surface area contributed by atoms with Gasteiger partial charge in [-0.1, -0.05) is 0 Å². The lowest BCUT2D eigenvalue weighted by Crippen LogP contribution is -2.43. The minimum Gasteiger partial charge on any atom is -0.378 e. The lowest BCUT2D eigenvalue weighted by Gasteiger charge is -2.27. The van der Waals surface area contributed by atoms with E-state index in [4.69, 9.17) is 16.3 Å². The van der Waals surface area contributed by atoms with Crippen molar-refractivity contribution in [2.45, 2.75) is 5.50 Å². The van der Waals surface area contributed by atoms with Crippen LogP contribution in [0.3, 0.4) is 0 Å². The lowest BCUT2D eigenvalue weighted by atomic mass is 10.1. The van der Waals surface area contributed by atoms with Crippen LogP contribution in [0.1, 0.15) is 0 Å². The normalized spacial score (nSPS) is 25.6. The molecule has 6 heteroatoms. The van der Waals surface area contributed by atoms with Gasteiger partial charge in [-0.3, -0.25) is 4.79 Å². The Balaban J connectivity index is 2.11. The van der Waals surface area contributed by atoms with E-state index in [1.807, 2.05) is 0 Å². The Hall–Kier alpha value is -1.20. The van der Waals surface area contributed by atoms with Gasteiger partial charge in [-0.15, -0.1) is 0 Å². The number of allylic oxidation sites excluding steroid dienone is 2. The fourth-order valence-electron chi connectivity index (χ4n) is 1.65. The third-order valence-electron chi connectivity index (χ3n) is 2.53. The molecule has 16 heavy (non-hydrogen) atoms. The minimum absolute atomic E-state index is 0.187. The first kappa shape index (κ1) is 11.3. The predicted octanol–water partition coefficient (Wildman–Crippen LogP) is 0.643. The average molecular weight is 244 g/mol. The second kappa shape index (κ2) is 4.76. The van der Waals surface area contributed by atoms with Crippen molar-refractivity contribution < 1.29 is 14.3 Å². The van der Waals surface area contributed by atoms with Crippen LogP contribution < -0.4 is 0 Å². The molecule has 1 atom stereocenters. The molecule has 2 aliphatic heterocycles. The Labute approximate surface area is 97.9 Å². The molecule has 0 aliphatic carbocycles. The molecule has 1 saturated heterocycles. The molecule has 0 spiro atoms. The van der Waals surface area contributed by atoms with Crippen LogP contribution in [0.15, 0.2) is 23.9 Å². The number of hydrogen-bond acceptors (Lipinski definition) is 3. The number of hydrogen-bond donors (Lipinski definition) is 0. The van der Waals surface area contributed by atoms with E-state index < -0.39 is 5.50 Å². The summed E-state index contributed by atoms with van der Waals surface area (Å²) >= 11 is 5.86. The Kier molecular flexibility index (Phi) is 3.36. The second-order valence-corrected chi connectivity index (χ2v) is 3.98. The van der Waals surface area contributed by atoms with Crippen molar-refractivity contribution in [1.29, 1.82) is 0 Å². The monoisotopic (exact) mass is 243 g/mol. The van der Waals surface area contributed by atoms with Crippen molar-refractivity contribution >= 4 is 17.5 Å². The molecule has 0 bridgehead atoms. The van der Waals surface area contributed by atoms with E-state index in [2.05, 4.69) is 0 Å². The van der Waals surface area contributed by atoms with Crippen molar-refractivity contribution in [3.05, 3.63) is 28.8 Å². The largest absolute Gasteiger partial charge is 0.378 e. The van der Waals surface area contributed by atoms with E-state index in [9.17, 15) is 9.70 Å². The smallest absolute Gasteiger partial charge is 0.311 e. The summed E-state index contributed by atoms with van der Waals surface area (Å²) in [5, 5.41) is 0. The van der Waals surface area contributed by atoms with Gasteiger partial charge in [-0.25, -0.2) is 0 Å². The van der Waals surface area contributed by atoms with Gasteiger partial charge >= 0.3 is 5.50 Å². The first-order valence-electron chi connectivity index (χ1n) is 5.05. The van der Waals surface area contributed by atoms with Crippen LogP contribution in [-0.2, 0) is 9.53 Å². The van der Waals surface area contributed by atoms with Gasteiger partial charge in [0, 0.05) is 24.1 Å². The minimum atomic E-state index is -0.930. The summed E-state index contributed by atoms with van der Waals surface area (Å²) in [5.74, 6) is -0.187.